The van der Waals surface area contributed by atoms with Crippen molar-refractivity contribution in [2.24, 2.45) is 0 Å². The van der Waals surface area contributed by atoms with Gasteiger partial charge in [0.15, 0.2) is 0 Å². The molecule has 0 aliphatic carbocycles. The predicted molar refractivity (Wildman–Crippen MR) is 76.6 cm³/mol. The van der Waals surface area contributed by atoms with E-state index in [1.165, 1.54) is 11.1 Å². The van der Waals surface area contributed by atoms with Gasteiger partial charge in [0, 0.05) is 22.8 Å². The topological polar surface area (TPSA) is 33.1 Å². The summed E-state index contributed by atoms with van der Waals surface area (Å²) >= 11 is 3.41. The van der Waals surface area contributed by atoms with E-state index in [1.54, 1.807) is 6.20 Å². The second kappa shape index (κ2) is 6.12. The molecular weight excluding hydrogens is 290 g/mol. The van der Waals surface area contributed by atoms with Gasteiger partial charge in [-0.25, -0.2) is 0 Å². The van der Waals surface area contributed by atoms with E-state index >= 15 is 0 Å². The fourth-order valence-corrected chi connectivity index (χ4v) is 2.39. The Kier molecular flexibility index (Phi) is 4.50. The molecule has 1 aromatic carbocycles. The van der Waals surface area contributed by atoms with Crippen LogP contribution in [0.2, 0.25) is 0 Å². The minimum Gasteiger partial charge on any atom is -0.396 e. The van der Waals surface area contributed by atoms with Crippen molar-refractivity contribution in [1.82, 2.24) is 4.98 Å². The van der Waals surface area contributed by atoms with Crippen LogP contribution < -0.4 is 0 Å². The van der Waals surface area contributed by atoms with E-state index in [1.807, 2.05) is 12.3 Å². The van der Waals surface area contributed by atoms with Crippen molar-refractivity contribution in [3.8, 4) is 0 Å². The van der Waals surface area contributed by atoms with E-state index in [4.69, 9.17) is 0 Å². The Hall–Kier alpha value is -1.19. The number of aromatic nitrogens is 1. The van der Waals surface area contributed by atoms with Gasteiger partial charge in [-0.3, -0.25) is 4.98 Å². The van der Waals surface area contributed by atoms with Crippen LogP contribution in [0.1, 0.15) is 22.6 Å². The molecule has 0 bridgehead atoms. The van der Waals surface area contributed by atoms with Crippen LogP contribution in [-0.4, -0.2) is 16.7 Å². The lowest BCUT2D eigenvalue weighted by Crippen LogP contribution is -2.08. The molecule has 2 aromatic rings. The lowest BCUT2D eigenvalue weighted by Gasteiger charge is -2.15. The molecule has 1 atom stereocenters. The average molecular weight is 306 g/mol. The van der Waals surface area contributed by atoms with Gasteiger partial charge < -0.3 is 5.11 Å². The zero-order valence-corrected chi connectivity index (χ0v) is 11.9. The number of aryl methyl sites for hydroxylation is 1. The fraction of sp³-hybridized carbons (Fsp3) is 0.267. The van der Waals surface area contributed by atoms with E-state index in [2.05, 4.69) is 52.1 Å². The third-order valence-corrected chi connectivity index (χ3v) is 3.45. The minimum atomic E-state index is 0.127. The van der Waals surface area contributed by atoms with Gasteiger partial charge in [0.05, 0.1) is 6.61 Å². The predicted octanol–water partition coefficient (Wildman–Crippen LogP) is 3.47. The highest BCUT2D eigenvalue weighted by molar-refractivity contribution is 9.10. The summed E-state index contributed by atoms with van der Waals surface area (Å²) in [6, 6.07) is 10.4. The highest BCUT2D eigenvalue weighted by Crippen LogP contribution is 2.22. The molecule has 94 valence electrons. The summed E-state index contributed by atoms with van der Waals surface area (Å²) in [5.41, 5.74) is 3.53. The van der Waals surface area contributed by atoms with Crippen LogP contribution in [0.15, 0.2) is 47.2 Å². The second-order valence-electron chi connectivity index (χ2n) is 4.51. The number of aliphatic hydroxyl groups is 1. The van der Waals surface area contributed by atoms with Crippen LogP contribution in [0.25, 0.3) is 0 Å². The van der Waals surface area contributed by atoms with E-state index < -0.39 is 0 Å². The summed E-state index contributed by atoms with van der Waals surface area (Å²) in [6.07, 6.45) is 4.41. The van der Waals surface area contributed by atoms with Crippen molar-refractivity contribution in [3.63, 3.8) is 0 Å². The number of halogens is 1. The maximum atomic E-state index is 9.55. The van der Waals surface area contributed by atoms with Crippen LogP contribution in [0.3, 0.4) is 0 Å². The fourth-order valence-electron chi connectivity index (χ4n) is 1.98. The lowest BCUT2D eigenvalue weighted by atomic mass is 9.93. The molecule has 1 N–H and O–H groups in total. The van der Waals surface area contributed by atoms with Crippen molar-refractivity contribution in [2.75, 3.05) is 6.61 Å². The van der Waals surface area contributed by atoms with Gasteiger partial charge in [-0.1, -0.05) is 29.8 Å². The molecule has 0 saturated carbocycles. The second-order valence-corrected chi connectivity index (χ2v) is 5.42. The summed E-state index contributed by atoms with van der Waals surface area (Å²) in [7, 11) is 0. The van der Waals surface area contributed by atoms with E-state index in [-0.39, 0.29) is 12.5 Å². The molecule has 0 aliphatic rings. The number of rotatable bonds is 4. The number of aliphatic hydroxyl groups excluding tert-OH is 1. The maximum Gasteiger partial charge on any atom is 0.0502 e. The highest BCUT2D eigenvalue weighted by Gasteiger charge is 2.11. The largest absolute Gasteiger partial charge is 0.396 e. The van der Waals surface area contributed by atoms with Gasteiger partial charge in [0.25, 0.3) is 0 Å². The van der Waals surface area contributed by atoms with Crippen molar-refractivity contribution < 1.29 is 5.11 Å². The smallest absolute Gasteiger partial charge is 0.0502 e. The van der Waals surface area contributed by atoms with Gasteiger partial charge in [0.1, 0.15) is 0 Å². The number of hydrogen-bond donors (Lipinski definition) is 1. The van der Waals surface area contributed by atoms with Crippen LogP contribution in [0.4, 0.5) is 0 Å². The summed E-state index contributed by atoms with van der Waals surface area (Å²) in [6.45, 7) is 2.21. The molecule has 0 aliphatic heterocycles. The number of benzene rings is 1. The third-order valence-electron chi connectivity index (χ3n) is 3.01. The van der Waals surface area contributed by atoms with Crippen molar-refractivity contribution >= 4 is 15.9 Å². The summed E-state index contributed by atoms with van der Waals surface area (Å²) in [4.78, 5) is 4.15. The molecule has 2 nitrogen and oxygen atoms in total. The van der Waals surface area contributed by atoms with Gasteiger partial charge in [-0.15, -0.1) is 0 Å². The standard InChI is InChI=1S/C15H16BrNO/c1-11-2-4-13(5-3-11)14(10-18)6-12-7-15(16)9-17-8-12/h2-5,7-9,14,18H,6,10H2,1H3. The number of pyridine rings is 1. The van der Waals surface area contributed by atoms with Crippen LogP contribution in [0.5, 0.6) is 0 Å². The molecule has 1 aromatic heterocycles. The molecule has 0 spiro atoms. The summed E-state index contributed by atoms with van der Waals surface area (Å²) < 4.78 is 0.973. The minimum absolute atomic E-state index is 0.127. The molecule has 3 heteroatoms. The third kappa shape index (κ3) is 3.40. The molecule has 0 amide bonds. The summed E-state index contributed by atoms with van der Waals surface area (Å²) in [5, 5.41) is 9.55. The van der Waals surface area contributed by atoms with Gasteiger partial charge in [-0.2, -0.15) is 0 Å². The van der Waals surface area contributed by atoms with Crippen molar-refractivity contribution in [2.45, 2.75) is 19.3 Å². The molecule has 18 heavy (non-hydrogen) atoms. The first-order valence-corrected chi connectivity index (χ1v) is 6.75. The zero-order chi connectivity index (χ0) is 13.0. The van der Waals surface area contributed by atoms with E-state index in [9.17, 15) is 5.11 Å². The molecule has 0 radical (unpaired) electrons. The van der Waals surface area contributed by atoms with Crippen LogP contribution in [0, 0.1) is 6.92 Å². The Balaban J connectivity index is 2.17. The molecule has 2 rings (SSSR count). The Bertz CT molecular complexity index is 510. The molecule has 0 saturated heterocycles. The average Bonchev–Trinajstić information content (AvgIpc) is 2.37. The first-order chi connectivity index (χ1) is 8.69. The van der Waals surface area contributed by atoms with Gasteiger partial charge >= 0.3 is 0 Å². The first kappa shape index (κ1) is 13.2. The quantitative estimate of drug-likeness (QED) is 0.938. The molecular formula is C15H16BrNO. The van der Waals surface area contributed by atoms with Gasteiger partial charge in [-0.05, 0) is 46.5 Å². The number of nitrogens with zero attached hydrogens (tertiary/aromatic N) is 1. The van der Waals surface area contributed by atoms with Crippen molar-refractivity contribution in [3.05, 3.63) is 63.9 Å². The monoisotopic (exact) mass is 305 g/mol. The van der Waals surface area contributed by atoms with E-state index in [0.29, 0.717) is 0 Å². The zero-order valence-electron chi connectivity index (χ0n) is 10.3. The summed E-state index contributed by atoms with van der Waals surface area (Å²) in [5.74, 6) is 0.127. The van der Waals surface area contributed by atoms with E-state index in [0.717, 1.165) is 16.5 Å². The lowest BCUT2D eigenvalue weighted by molar-refractivity contribution is 0.264. The van der Waals surface area contributed by atoms with Gasteiger partial charge in [0.2, 0.25) is 0 Å². The van der Waals surface area contributed by atoms with Crippen molar-refractivity contribution in [1.29, 1.82) is 0 Å². The Morgan fingerprint density at radius 3 is 2.56 bits per heavy atom. The molecule has 1 unspecified atom stereocenters. The first-order valence-electron chi connectivity index (χ1n) is 5.96. The normalized spacial score (nSPS) is 12.4. The Labute approximate surface area is 116 Å². The number of hydrogen-bond acceptors (Lipinski definition) is 2. The molecule has 1 heterocycles. The maximum absolute atomic E-state index is 9.55. The Morgan fingerprint density at radius 1 is 1.22 bits per heavy atom. The SMILES string of the molecule is Cc1ccc(C(CO)Cc2cncc(Br)c2)cc1. The Morgan fingerprint density at radius 2 is 1.94 bits per heavy atom. The van der Waals surface area contributed by atoms with Crippen LogP contribution >= 0.6 is 15.9 Å². The van der Waals surface area contributed by atoms with Crippen LogP contribution in [-0.2, 0) is 6.42 Å². The molecule has 0 fully saturated rings. The highest BCUT2D eigenvalue weighted by atomic mass is 79.9.